The third-order valence-corrected chi connectivity index (χ3v) is 3.78. The van der Waals surface area contributed by atoms with Crippen molar-refractivity contribution in [2.45, 2.75) is 19.0 Å². The number of hydrogen-bond donors (Lipinski definition) is 2. The minimum absolute atomic E-state index is 0.477. The van der Waals surface area contributed by atoms with Crippen molar-refractivity contribution in [1.29, 1.82) is 0 Å². The average Bonchev–Trinajstić information content (AvgIpc) is 2.55. The molecule has 0 bridgehead atoms. The second-order valence-electron chi connectivity index (χ2n) is 5.37. The van der Waals surface area contributed by atoms with E-state index in [9.17, 15) is 13.2 Å². The summed E-state index contributed by atoms with van der Waals surface area (Å²) in [7, 11) is 0. The summed E-state index contributed by atoms with van der Waals surface area (Å²) in [6, 6.07) is 15.4. The summed E-state index contributed by atoms with van der Waals surface area (Å²) >= 11 is 5.17. The van der Waals surface area contributed by atoms with E-state index in [2.05, 4.69) is 10.6 Å². The van der Waals surface area contributed by atoms with Gasteiger partial charge in [0, 0.05) is 13.1 Å². The number of hydrogen-bond acceptors (Lipinski definition) is 1. The molecule has 2 N–H and O–H groups in total. The highest BCUT2D eigenvalue weighted by Crippen LogP contribution is 2.29. The van der Waals surface area contributed by atoms with Crippen molar-refractivity contribution in [3.05, 3.63) is 71.3 Å². The van der Waals surface area contributed by atoms with Crippen LogP contribution < -0.4 is 10.6 Å². The summed E-state index contributed by atoms with van der Waals surface area (Å²) in [4.78, 5) is 0. The van der Waals surface area contributed by atoms with Gasteiger partial charge in [0.25, 0.3) is 0 Å². The smallest absolute Gasteiger partial charge is 0.362 e. The van der Waals surface area contributed by atoms with Crippen LogP contribution in [0.25, 0.3) is 0 Å². The van der Waals surface area contributed by atoms with E-state index in [0.717, 1.165) is 12.5 Å². The minimum Gasteiger partial charge on any atom is -0.362 e. The Hall–Kier alpha value is -2.08. The molecule has 0 unspecified atom stereocenters. The van der Waals surface area contributed by atoms with Gasteiger partial charge >= 0.3 is 6.18 Å². The van der Waals surface area contributed by atoms with E-state index in [0.29, 0.717) is 30.2 Å². The van der Waals surface area contributed by atoms with Crippen LogP contribution in [-0.4, -0.2) is 18.2 Å². The minimum atomic E-state index is -4.31. The highest BCUT2D eigenvalue weighted by atomic mass is 32.1. The lowest BCUT2D eigenvalue weighted by molar-refractivity contribution is -0.137. The normalized spacial score (nSPS) is 11.1. The molecule has 0 heterocycles. The second kappa shape index (κ2) is 8.68. The Morgan fingerprint density at radius 2 is 1.42 bits per heavy atom. The monoisotopic (exact) mass is 352 g/mol. The van der Waals surface area contributed by atoms with Gasteiger partial charge in [-0.1, -0.05) is 48.5 Å². The fourth-order valence-corrected chi connectivity index (χ4v) is 2.46. The molecule has 0 aliphatic rings. The standard InChI is InChI=1S/C18H19F3N2S/c19-18(20,21)16-8-4-7-15(13-16)10-12-23-17(24)22-11-9-14-5-2-1-3-6-14/h1-8,13H,9-12H2,(H2,22,23,24). The van der Waals surface area contributed by atoms with Gasteiger partial charge in [0.05, 0.1) is 5.56 Å². The van der Waals surface area contributed by atoms with Gasteiger partial charge in [-0.2, -0.15) is 13.2 Å². The largest absolute Gasteiger partial charge is 0.416 e. The first kappa shape index (κ1) is 18.3. The fraction of sp³-hybridized carbons (Fsp3) is 0.278. The summed E-state index contributed by atoms with van der Waals surface area (Å²) < 4.78 is 38.0. The quantitative estimate of drug-likeness (QED) is 0.770. The van der Waals surface area contributed by atoms with E-state index in [4.69, 9.17) is 12.2 Å². The van der Waals surface area contributed by atoms with Crippen LogP contribution in [0.1, 0.15) is 16.7 Å². The van der Waals surface area contributed by atoms with Crippen LogP contribution in [-0.2, 0) is 19.0 Å². The molecule has 2 nitrogen and oxygen atoms in total. The Balaban J connectivity index is 1.69. The topological polar surface area (TPSA) is 24.1 Å². The zero-order valence-corrected chi connectivity index (χ0v) is 13.9. The van der Waals surface area contributed by atoms with Crippen molar-refractivity contribution in [2.75, 3.05) is 13.1 Å². The summed E-state index contributed by atoms with van der Waals surface area (Å²) in [5.74, 6) is 0. The van der Waals surface area contributed by atoms with Gasteiger partial charge in [0.2, 0.25) is 0 Å². The van der Waals surface area contributed by atoms with Gasteiger partial charge in [0.15, 0.2) is 5.11 Å². The molecule has 2 rings (SSSR count). The zero-order chi connectivity index (χ0) is 17.4. The number of benzene rings is 2. The third-order valence-electron chi connectivity index (χ3n) is 3.50. The Morgan fingerprint density at radius 1 is 0.833 bits per heavy atom. The molecule has 0 aliphatic carbocycles. The molecule has 0 saturated carbocycles. The molecule has 0 spiro atoms. The van der Waals surface area contributed by atoms with Crippen LogP contribution in [0.5, 0.6) is 0 Å². The summed E-state index contributed by atoms with van der Waals surface area (Å²) in [5.41, 5.74) is 1.23. The fourth-order valence-electron chi connectivity index (χ4n) is 2.25. The van der Waals surface area contributed by atoms with Gasteiger partial charge < -0.3 is 10.6 Å². The van der Waals surface area contributed by atoms with Gasteiger partial charge in [-0.05, 0) is 42.3 Å². The van der Waals surface area contributed by atoms with Crippen molar-refractivity contribution in [3.8, 4) is 0 Å². The molecule has 0 aromatic heterocycles. The first-order valence-corrected chi connectivity index (χ1v) is 8.08. The first-order valence-electron chi connectivity index (χ1n) is 7.67. The lowest BCUT2D eigenvalue weighted by atomic mass is 10.1. The summed E-state index contributed by atoms with van der Waals surface area (Å²) in [5, 5.41) is 6.62. The van der Waals surface area contributed by atoms with Gasteiger partial charge in [-0.15, -0.1) is 0 Å². The maximum absolute atomic E-state index is 12.7. The van der Waals surface area contributed by atoms with E-state index in [-0.39, 0.29) is 0 Å². The van der Waals surface area contributed by atoms with Crippen molar-refractivity contribution in [3.63, 3.8) is 0 Å². The van der Waals surface area contributed by atoms with Crippen molar-refractivity contribution in [1.82, 2.24) is 10.6 Å². The molecular formula is C18H19F3N2S. The molecule has 0 amide bonds. The maximum Gasteiger partial charge on any atom is 0.416 e. The number of alkyl halides is 3. The average molecular weight is 352 g/mol. The molecule has 2 aromatic carbocycles. The van der Waals surface area contributed by atoms with Crippen LogP contribution in [0.4, 0.5) is 13.2 Å². The predicted octanol–water partition coefficient (Wildman–Crippen LogP) is 3.95. The Bertz CT molecular complexity index is 657. The lowest BCUT2D eigenvalue weighted by Crippen LogP contribution is -2.37. The molecular weight excluding hydrogens is 333 g/mol. The Labute approximate surface area is 145 Å². The van der Waals surface area contributed by atoms with E-state index in [1.54, 1.807) is 6.07 Å². The van der Waals surface area contributed by atoms with Crippen molar-refractivity contribution < 1.29 is 13.2 Å². The van der Waals surface area contributed by atoms with Crippen LogP contribution in [0.15, 0.2) is 54.6 Å². The van der Waals surface area contributed by atoms with Crippen LogP contribution >= 0.6 is 12.2 Å². The van der Waals surface area contributed by atoms with Crippen molar-refractivity contribution >= 4 is 17.3 Å². The number of thiocarbonyl (C=S) groups is 1. The SMILES string of the molecule is FC(F)(F)c1cccc(CCNC(=S)NCCc2ccccc2)c1. The number of halogens is 3. The van der Waals surface area contributed by atoms with Gasteiger partial charge in [-0.25, -0.2) is 0 Å². The zero-order valence-electron chi connectivity index (χ0n) is 13.1. The molecule has 24 heavy (non-hydrogen) atoms. The van der Waals surface area contributed by atoms with Crippen molar-refractivity contribution in [2.24, 2.45) is 0 Å². The Morgan fingerprint density at radius 3 is 2.04 bits per heavy atom. The highest BCUT2D eigenvalue weighted by Gasteiger charge is 2.30. The summed E-state index contributed by atoms with van der Waals surface area (Å²) in [6.07, 6.45) is -2.97. The van der Waals surface area contributed by atoms with E-state index >= 15 is 0 Å². The van der Waals surface area contributed by atoms with Gasteiger partial charge in [0.1, 0.15) is 0 Å². The predicted molar refractivity (Wildman–Crippen MR) is 93.9 cm³/mol. The Kier molecular flexibility index (Phi) is 6.61. The van der Waals surface area contributed by atoms with Gasteiger partial charge in [-0.3, -0.25) is 0 Å². The van der Waals surface area contributed by atoms with Crippen LogP contribution in [0.2, 0.25) is 0 Å². The summed E-state index contributed by atoms with van der Waals surface area (Å²) in [6.45, 7) is 1.19. The maximum atomic E-state index is 12.7. The lowest BCUT2D eigenvalue weighted by Gasteiger charge is -2.12. The van der Waals surface area contributed by atoms with Crippen LogP contribution in [0.3, 0.4) is 0 Å². The molecule has 0 atom stereocenters. The molecule has 0 aliphatic heterocycles. The van der Waals surface area contributed by atoms with E-state index < -0.39 is 11.7 Å². The van der Waals surface area contributed by atoms with E-state index in [1.165, 1.54) is 17.7 Å². The number of nitrogens with one attached hydrogen (secondary N) is 2. The molecule has 6 heteroatoms. The molecule has 0 saturated heterocycles. The third kappa shape index (κ3) is 6.20. The molecule has 2 aromatic rings. The molecule has 0 radical (unpaired) electrons. The molecule has 128 valence electrons. The first-order chi connectivity index (χ1) is 11.4. The second-order valence-corrected chi connectivity index (χ2v) is 5.77. The van der Waals surface area contributed by atoms with Crippen LogP contribution in [0, 0.1) is 0 Å². The van der Waals surface area contributed by atoms with E-state index in [1.807, 2.05) is 30.3 Å². The highest BCUT2D eigenvalue weighted by molar-refractivity contribution is 7.80. The molecule has 0 fully saturated rings. The number of rotatable bonds is 6.